The molecule has 0 aliphatic rings. The zero-order valence-corrected chi connectivity index (χ0v) is 14.8. The van der Waals surface area contributed by atoms with E-state index in [0.29, 0.717) is 0 Å². The fourth-order valence-corrected chi connectivity index (χ4v) is 0. The van der Waals surface area contributed by atoms with Crippen LogP contribution in [0.2, 0.25) is 8.35 Å². The molecular weight excluding hydrogens is 254 g/mol. The normalized spacial score (nSPS) is 7.00. The molecule has 0 aromatic carbocycles. The Bertz CT molecular complexity index is 6.00. The van der Waals surface area contributed by atoms with Crippen LogP contribution in [0.25, 0.3) is 0 Å². The van der Waals surface area contributed by atoms with Crippen LogP contribution in [0.1, 0.15) is 0 Å². The summed E-state index contributed by atoms with van der Waals surface area (Å²) in [4.78, 5) is 0. The van der Waals surface area contributed by atoms with Gasteiger partial charge in [-0.25, -0.2) is 0 Å². The molecule has 2 heteroatoms. The van der Waals surface area contributed by atoms with Crippen molar-refractivity contribution in [2.45, 2.75) is 8.35 Å². The van der Waals surface area contributed by atoms with Gasteiger partial charge in [-0.2, -0.15) is 0 Å². The van der Waals surface area contributed by atoms with E-state index in [1.165, 1.54) is 0 Å². The first kappa shape index (κ1) is 5.74. The van der Waals surface area contributed by atoms with Crippen molar-refractivity contribution >= 4 is 48.7 Å². The summed E-state index contributed by atoms with van der Waals surface area (Å²) in [7, 11) is 0. The van der Waals surface area contributed by atoms with Gasteiger partial charge in [-0.05, 0) is 0 Å². The van der Waals surface area contributed by atoms with Crippen molar-refractivity contribution < 1.29 is 0 Å². The van der Waals surface area contributed by atoms with Crippen LogP contribution in [-0.4, -0.2) is 48.7 Å². The first-order valence-corrected chi connectivity index (χ1v) is 9.99. The Morgan fingerprint density at radius 1 is 1.00 bits per heavy atom. The van der Waals surface area contributed by atoms with Gasteiger partial charge in [0.2, 0.25) is 0 Å². The second-order valence-corrected chi connectivity index (χ2v) is 6.71. The third-order valence-electron chi connectivity index (χ3n) is 0.500. The van der Waals surface area contributed by atoms with E-state index in [4.69, 9.17) is 0 Å². The number of hydrogen-bond donors (Lipinski definition) is 0. The monoisotopic (exact) mass is 262 g/mol. The minimum absolute atomic E-state index is 1.04. The van der Waals surface area contributed by atoms with E-state index >= 15 is 0 Å². The molecule has 0 spiro atoms. The van der Waals surface area contributed by atoms with Crippen molar-refractivity contribution in [1.82, 2.24) is 0 Å². The fourth-order valence-electron chi connectivity index (χ4n) is 0. The van der Waals surface area contributed by atoms with Gasteiger partial charge in [0.05, 0.1) is 0 Å². The Balaban J connectivity index is 1.97. The molecule has 0 heterocycles. The maximum atomic E-state index is 1.62. The van der Waals surface area contributed by atoms with Crippen molar-refractivity contribution in [3.8, 4) is 0 Å². The summed E-state index contributed by atoms with van der Waals surface area (Å²) in [5.74, 6) is 0. The Hall–Kier alpha value is 1.74. The van der Waals surface area contributed by atoms with Crippen LogP contribution in [0, 0.1) is 0 Å². The molecule has 0 fully saturated rings. The van der Waals surface area contributed by atoms with Gasteiger partial charge in [0.15, 0.2) is 0 Å². The first-order valence-electron chi connectivity index (χ1n) is 1.91. The fraction of sp³-hybridized carbons (Fsp3) is 1.00. The molecule has 0 aromatic rings. The summed E-state index contributed by atoms with van der Waals surface area (Å²) in [5.41, 5.74) is 0. The molecule has 0 aliphatic carbocycles. The Kier molecular flexibility index (Phi) is 6.80. The molecular formula is C2H8In2. The van der Waals surface area contributed by atoms with Gasteiger partial charge in [0.25, 0.3) is 0 Å². The predicted octanol–water partition coefficient (Wildman–Crippen LogP) is -0.911. The topological polar surface area (TPSA) is 0 Å². The summed E-state index contributed by atoms with van der Waals surface area (Å²) < 4.78 is 3.25. The van der Waals surface area contributed by atoms with Gasteiger partial charge in [-0.1, -0.05) is 0 Å². The van der Waals surface area contributed by atoms with E-state index < -0.39 is 0 Å². The average Bonchev–Trinajstić information content (AvgIpc) is 1.37. The van der Waals surface area contributed by atoms with Crippen molar-refractivity contribution in [1.29, 1.82) is 0 Å². The van der Waals surface area contributed by atoms with E-state index in [-0.39, 0.29) is 0 Å². The molecule has 0 radical (unpaired) electrons. The van der Waals surface area contributed by atoms with E-state index in [1.54, 1.807) is 8.35 Å². The molecule has 0 N–H and O–H groups in total. The van der Waals surface area contributed by atoms with Gasteiger partial charge < -0.3 is 0 Å². The van der Waals surface area contributed by atoms with Crippen LogP contribution in [-0.2, 0) is 0 Å². The zero-order chi connectivity index (χ0) is 3.41. The SMILES string of the molecule is [InH2][CH2][CH2][InH2]. The summed E-state index contributed by atoms with van der Waals surface area (Å²) >= 11 is 2.07. The van der Waals surface area contributed by atoms with Crippen molar-refractivity contribution in [3.05, 3.63) is 0 Å². The van der Waals surface area contributed by atoms with E-state index in [9.17, 15) is 0 Å². The van der Waals surface area contributed by atoms with Crippen LogP contribution in [0.3, 0.4) is 0 Å². The molecule has 0 unspecified atom stereocenters. The summed E-state index contributed by atoms with van der Waals surface area (Å²) in [6, 6.07) is 0. The minimum atomic E-state index is 1.04. The van der Waals surface area contributed by atoms with Crippen molar-refractivity contribution in [2.24, 2.45) is 0 Å². The maximum absolute atomic E-state index is 1.62. The Morgan fingerprint density at radius 3 is 1.25 bits per heavy atom. The van der Waals surface area contributed by atoms with E-state index in [2.05, 4.69) is 0 Å². The summed E-state index contributed by atoms with van der Waals surface area (Å²) in [6.45, 7) is 0. The van der Waals surface area contributed by atoms with Gasteiger partial charge in [0.1, 0.15) is 0 Å². The van der Waals surface area contributed by atoms with Gasteiger partial charge >= 0.3 is 57.1 Å². The Morgan fingerprint density at radius 2 is 1.25 bits per heavy atom. The zero-order valence-electron chi connectivity index (χ0n) is 3.41. The molecule has 0 amide bonds. The molecule has 0 aromatic heterocycles. The molecule has 0 rings (SSSR count). The number of rotatable bonds is 1. The molecule has 0 saturated heterocycles. The quantitative estimate of drug-likeness (QED) is 0.573. The van der Waals surface area contributed by atoms with Gasteiger partial charge in [0, 0.05) is 0 Å². The van der Waals surface area contributed by atoms with Gasteiger partial charge in [-0.15, -0.1) is 0 Å². The molecule has 0 saturated carbocycles. The molecule has 0 bridgehead atoms. The Labute approximate surface area is 56.5 Å². The second kappa shape index (κ2) is 4.74. The predicted molar refractivity (Wildman–Crippen MR) is 26.7 cm³/mol. The van der Waals surface area contributed by atoms with Crippen LogP contribution in [0.5, 0.6) is 0 Å². The molecule has 0 nitrogen and oxygen atoms in total. The van der Waals surface area contributed by atoms with Crippen LogP contribution >= 0.6 is 0 Å². The summed E-state index contributed by atoms with van der Waals surface area (Å²) in [6.07, 6.45) is 0. The standard InChI is InChI=1S/C2H4.2In.4H/c1-2;;;;;;/h1-2H2;;;;;;. The van der Waals surface area contributed by atoms with Crippen molar-refractivity contribution in [3.63, 3.8) is 0 Å². The molecule has 22 valence electrons. The van der Waals surface area contributed by atoms with Crippen molar-refractivity contribution in [2.75, 3.05) is 0 Å². The van der Waals surface area contributed by atoms with Crippen LogP contribution < -0.4 is 0 Å². The first-order chi connectivity index (χ1) is 1.91. The second-order valence-electron chi connectivity index (χ2n) is 1.000. The van der Waals surface area contributed by atoms with E-state index in [0.717, 1.165) is 48.7 Å². The van der Waals surface area contributed by atoms with Crippen LogP contribution in [0.15, 0.2) is 0 Å². The number of hydrogen-bond acceptors (Lipinski definition) is 0. The van der Waals surface area contributed by atoms with Crippen LogP contribution in [0.4, 0.5) is 0 Å². The van der Waals surface area contributed by atoms with E-state index in [1.807, 2.05) is 0 Å². The van der Waals surface area contributed by atoms with Gasteiger partial charge in [-0.3, -0.25) is 0 Å². The average molecular weight is 262 g/mol. The summed E-state index contributed by atoms with van der Waals surface area (Å²) in [5, 5.41) is 0. The third-order valence-corrected chi connectivity index (χ3v) is 22.5. The third kappa shape index (κ3) is 3.74. The molecule has 0 aliphatic heterocycles. The molecule has 0 atom stereocenters. The molecule has 4 heavy (non-hydrogen) atoms.